The van der Waals surface area contributed by atoms with Crippen molar-refractivity contribution in [3.8, 4) is 11.8 Å². The van der Waals surface area contributed by atoms with Crippen molar-refractivity contribution in [2.75, 3.05) is 39.3 Å². The molecule has 1 unspecified atom stereocenters. The van der Waals surface area contributed by atoms with Crippen molar-refractivity contribution < 1.29 is 37.5 Å². The molecule has 4 rings (SSSR count). The Kier molecular flexibility index (Phi) is 20.1. The largest absolute Gasteiger partial charge is 0.496 e. The average molecular weight is 800 g/mol. The first kappa shape index (κ1) is 45.6. The molecule has 0 radical (unpaired) electrons. The van der Waals surface area contributed by atoms with Crippen LogP contribution in [0.3, 0.4) is 0 Å². The summed E-state index contributed by atoms with van der Waals surface area (Å²) in [7, 11) is -2.93. The van der Waals surface area contributed by atoms with Gasteiger partial charge in [0, 0.05) is 12.2 Å². The fourth-order valence-electron chi connectivity index (χ4n) is 7.23. The molecule has 0 spiro atoms. The van der Waals surface area contributed by atoms with Crippen LogP contribution in [0.25, 0.3) is 5.52 Å². The van der Waals surface area contributed by atoms with E-state index in [4.69, 9.17) is 33.7 Å². The Morgan fingerprint density at radius 3 is 2.29 bits per heavy atom. The molecule has 1 aromatic carbocycles. The maximum Gasteiger partial charge on any atom is 0.472 e. The zero-order valence-electron chi connectivity index (χ0n) is 34.0. The number of anilines is 1. The van der Waals surface area contributed by atoms with Crippen molar-refractivity contribution in [2.45, 2.75) is 154 Å². The number of hydrogen-bond acceptors (Lipinski definition) is 11. The summed E-state index contributed by atoms with van der Waals surface area (Å²) >= 11 is 0. The highest BCUT2D eigenvalue weighted by Gasteiger charge is 2.41. The highest BCUT2D eigenvalue weighted by atomic mass is 31.2. The van der Waals surface area contributed by atoms with Crippen LogP contribution in [-0.4, -0.2) is 65.2 Å². The molecule has 1 fully saturated rings. The topological polar surface area (TPSA) is 173 Å². The maximum atomic E-state index is 13.0. The Balaban J connectivity index is 1.16. The molecule has 0 saturated carbocycles. The molecule has 312 valence electrons. The molecule has 3 heterocycles. The third kappa shape index (κ3) is 15.4. The van der Waals surface area contributed by atoms with Gasteiger partial charge in [-0.05, 0) is 50.5 Å². The molecule has 0 amide bonds. The first-order valence-corrected chi connectivity index (χ1v) is 22.3. The Bertz CT molecular complexity index is 1670. The van der Waals surface area contributed by atoms with Crippen LogP contribution in [0.1, 0.15) is 146 Å². The number of nitriles is 1. The molecular weight excluding hydrogens is 733 g/mol. The number of phosphoric acid groups is 1. The number of ether oxygens (including phenoxy) is 4. The van der Waals surface area contributed by atoms with Crippen LogP contribution in [0.15, 0.2) is 36.7 Å². The maximum absolute atomic E-state index is 13.0. The number of fused-ring (bicyclic) bond motifs is 1. The minimum Gasteiger partial charge on any atom is -0.496 e. The Morgan fingerprint density at radius 2 is 1.64 bits per heavy atom. The van der Waals surface area contributed by atoms with Crippen LogP contribution >= 0.6 is 7.82 Å². The quantitative estimate of drug-likeness (QED) is 0.0484. The number of aromatic nitrogens is 3. The lowest BCUT2D eigenvalue weighted by Gasteiger charge is -2.25. The van der Waals surface area contributed by atoms with Gasteiger partial charge in [0.15, 0.2) is 5.82 Å². The van der Waals surface area contributed by atoms with E-state index in [-0.39, 0.29) is 26.4 Å². The van der Waals surface area contributed by atoms with Gasteiger partial charge in [-0.15, -0.1) is 0 Å². The summed E-state index contributed by atoms with van der Waals surface area (Å²) in [6, 6.07) is 11.0. The van der Waals surface area contributed by atoms with Crippen LogP contribution in [0.2, 0.25) is 0 Å². The van der Waals surface area contributed by atoms with Crippen molar-refractivity contribution in [1.82, 2.24) is 14.6 Å². The predicted molar refractivity (Wildman–Crippen MR) is 217 cm³/mol. The third-order valence-corrected chi connectivity index (χ3v) is 11.5. The van der Waals surface area contributed by atoms with Gasteiger partial charge in [0.25, 0.3) is 0 Å². The van der Waals surface area contributed by atoms with Crippen LogP contribution < -0.4 is 10.5 Å². The predicted octanol–water partition coefficient (Wildman–Crippen LogP) is 9.58. The number of nitrogens with zero attached hydrogens (tertiary/aromatic N) is 4. The first-order chi connectivity index (χ1) is 27.2. The molecule has 13 nitrogen and oxygen atoms in total. The van der Waals surface area contributed by atoms with Gasteiger partial charge >= 0.3 is 7.82 Å². The number of hydrogen-bond donors (Lipinski definition) is 2. The van der Waals surface area contributed by atoms with E-state index in [1.165, 1.54) is 103 Å². The van der Waals surface area contributed by atoms with E-state index < -0.39 is 25.6 Å². The Labute approximate surface area is 334 Å². The Hall–Kier alpha value is -3.08. The molecule has 1 aliphatic heterocycles. The minimum absolute atomic E-state index is 0.126. The second-order valence-electron chi connectivity index (χ2n) is 15.2. The second-order valence-corrected chi connectivity index (χ2v) is 16.6. The van der Waals surface area contributed by atoms with E-state index in [1.807, 2.05) is 19.1 Å². The van der Waals surface area contributed by atoms with Gasteiger partial charge in [-0.2, -0.15) is 10.4 Å². The van der Waals surface area contributed by atoms with Crippen molar-refractivity contribution >= 4 is 19.2 Å². The average Bonchev–Trinajstić information content (AvgIpc) is 3.82. The van der Waals surface area contributed by atoms with Crippen LogP contribution in [0.5, 0.6) is 5.75 Å². The highest BCUT2D eigenvalue weighted by Crippen LogP contribution is 2.46. The second kappa shape index (κ2) is 24.6. The monoisotopic (exact) mass is 799 g/mol. The van der Waals surface area contributed by atoms with Crippen molar-refractivity contribution in [3.63, 3.8) is 0 Å². The summed E-state index contributed by atoms with van der Waals surface area (Å²) < 4.78 is 49.5. The van der Waals surface area contributed by atoms with Crippen LogP contribution in [0.4, 0.5) is 5.82 Å². The number of nitrogen functional groups attached to an aromatic ring is 1. The smallest absolute Gasteiger partial charge is 0.472 e. The zero-order chi connectivity index (χ0) is 40.1. The van der Waals surface area contributed by atoms with E-state index >= 15 is 0 Å². The SMILES string of the molecule is CCCCCCCCCCCCCCCCCCOC[C@H](COP(=O)(O)OC[C@@H]1CC[C@](C)(c2ccc3c(N)ncnn23)O1)OCc1ccc(C#N)cc1OC. The standard InChI is InChI=1S/C42H66N5O8P/c1-4-5-6-7-8-9-10-11-12-13-14-15-16-17-18-19-26-51-30-37(52-29-35-21-20-34(28-43)27-39(35)50-3)32-54-56(48,49)53-31-36-24-25-42(2,55-36)40-23-22-38-41(44)45-33-46-47(38)40/h20-23,27,33,36-37H,4-19,24-26,29-32H2,1-3H3,(H,48,49)(H2,44,45,46)/t36-,37+,42+/m0/s1. The summed E-state index contributed by atoms with van der Waals surface area (Å²) in [5.74, 6) is 0.886. The molecule has 1 aliphatic rings. The molecule has 4 atom stereocenters. The van der Waals surface area contributed by atoms with Gasteiger partial charge in [-0.1, -0.05) is 109 Å². The van der Waals surface area contributed by atoms with E-state index in [2.05, 4.69) is 23.1 Å². The summed E-state index contributed by atoms with van der Waals surface area (Å²) in [5, 5.41) is 13.6. The number of unbranched alkanes of at least 4 members (excludes halogenated alkanes) is 15. The lowest BCUT2D eigenvalue weighted by molar-refractivity contribution is -0.0636. The summed E-state index contributed by atoms with van der Waals surface area (Å²) in [5.41, 5.74) is 8.00. The zero-order valence-corrected chi connectivity index (χ0v) is 34.9. The first-order valence-electron chi connectivity index (χ1n) is 20.8. The molecular formula is C42H66N5O8P. The van der Waals surface area contributed by atoms with Crippen LogP contribution in [-0.2, 0) is 40.0 Å². The number of benzene rings is 1. The van der Waals surface area contributed by atoms with Gasteiger partial charge < -0.3 is 29.6 Å². The third-order valence-electron chi connectivity index (χ3n) is 10.6. The van der Waals surface area contributed by atoms with Crippen LogP contribution in [0, 0.1) is 11.3 Å². The number of rotatable bonds is 30. The van der Waals surface area contributed by atoms with Gasteiger partial charge in [0.1, 0.15) is 29.3 Å². The van der Waals surface area contributed by atoms with Crippen molar-refractivity contribution in [3.05, 3.63) is 53.5 Å². The number of phosphoric ester groups is 1. The molecule has 2 aromatic heterocycles. The van der Waals surface area contributed by atoms with Crippen molar-refractivity contribution in [2.24, 2.45) is 0 Å². The molecule has 0 aliphatic carbocycles. The lowest BCUT2D eigenvalue weighted by Crippen LogP contribution is -2.27. The number of nitrogens with two attached hydrogens (primary N) is 1. The van der Waals surface area contributed by atoms with Gasteiger partial charge in [-0.25, -0.2) is 14.1 Å². The van der Waals surface area contributed by atoms with E-state index in [0.29, 0.717) is 42.1 Å². The van der Waals surface area contributed by atoms with Crippen molar-refractivity contribution in [1.29, 1.82) is 5.26 Å². The van der Waals surface area contributed by atoms with E-state index in [9.17, 15) is 14.7 Å². The van der Waals surface area contributed by atoms with E-state index in [0.717, 1.165) is 24.1 Å². The fourth-order valence-corrected chi connectivity index (χ4v) is 8.01. The van der Waals surface area contributed by atoms with Gasteiger partial charge in [0.2, 0.25) is 0 Å². The summed E-state index contributed by atoms with van der Waals surface area (Å²) in [6.45, 7) is 4.71. The molecule has 3 aromatic rings. The molecule has 1 saturated heterocycles. The molecule has 14 heteroatoms. The highest BCUT2D eigenvalue weighted by molar-refractivity contribution is 7.47. The molecule has 0 bridgehead atoms. The van der Waals surface area contributed by atoms with Gasteiger partial charge in [-0.3, -0.25) is 9.05 Å². The van der Waals surface area contributed by atoms with E-state index in [1.54, 1.807) is 22.7 Å². The van der Waals surface area contributed by atoms with Gasteiger partial charge in [0.05, 0.1) is 57.0 Å². The molecule has 56 heavy (non-hydrogen) atoms. The fraction of sp³-hybridized carbons (Fsp3) is 0.690. The Morgan fingerprint density at radius 1 is 0.982 bits per heavy atom. The summed E-state index contributed by atoms with van der Waals surface area (Å²) in [4.78, 5) is 14.7. The minimum atomic E-state index is -4.47. The summed E-state index contributed by atoms with van der Waals surface area (Å²) in [6.07, 6.45) is 22.4. The number of methoxy groups -OCH3 is 1. The normalized spacial score (nSPS) is 18.6. The lowest BCUT2D eigenvalue weighted by atomic mass is 9.98. The molecule has 3 N–H and O–H groups in total.